The van der Waals surface area contributed by atoms with Gasteiger partial charge >= 0.3 is 0 Å². The van der Waals surface area contributed by atoms with Gasteiger partial charge in [-0.2, -0.15) is 5.10 Å². The van der Waals surface area contributed by atoms with Crippen molar-refractivity contribution in [1.29, 1.82) is 0 Å². The minimum atomic E-state index is -0.338. The molecule has 6 nitrogen and oxygen atoms in total. The van der Waals surface area contributed by atoms with Crippen LogP contribution in [0.5, 0.6) is 0 Å². The van der Waals surface area contributed by atoms with E-state index in [-0.39, 0.29) is 11.7 Å². The summed E-state index contributed by atoms with van der Waals surface area (Å²) >= 11 is 0. The topological polar surface area (TPSA) is 63.3 Å². The van der Waals surface area contributed by atoms with Gasteiger partial charge in [0.05, 0.1) is 12.0 Å². The van der Waals surface area contributed by atoms with E-state index < -0.39 is 0 Å². The molecule has 1 N–H and O–H groups in total. The van der Waals surface area contributed by atoms with E-state index in [2.05, 4.69) is 22.2 Å². The summed E-state index contributed by atoms with van der Waals surface area (Å²) in [4.78, 5) is 15.4. The van der Waals surface area contributed by atoms with Crippen LogP contribution in [-0.2, 0) is 0 Å². The summed E-state index contributed by atoms with van der Waals surface area (Å²) in [5.41, 5.74) is 1.55. The van der Waals surface area contributed by atoms with Gasteiger partial charge < -0.3 is 14.6 Å². The van der Waals surface area contributed by atoms with Gasteiger partial charge in [0, 0.05) is 25.2 Å². The smallest absolute Gasteiger partial charge is 0.270 e. The number of halogens is 1. The molecule has 2 aromatic heterocycles. The number of hydrogen-bond acceptors (Lipinski definition) is 4. The molecule has 1 aromatic carbocycles. The second kappa shape index (κ2) is 9.26. The van der Waals surface area contributed by atoms with Gasteiger partial charge in [-0.3, -0.25) is 4.79 Å². The average Bonchev–Trinajstić information content (AvgIpc) is 3.43. The minimum Gasteiger partial charge on any atom is -0.463 e. The summed E-state index contributed by atoms with van der Waals surface area (Å²) in [6, 6.07) is 11.8. The predicted octanol–water partition coefficient (Wildman–Crippen LogP) is 4.27. The van der Waals surface area contributed by atoms with Crippen molar-refractivity contribution in [2.45, 2.75) is 38.6 Å². The van der Waals surface area contributed by atoms with Crippen molar-refractivity contribution < 1.29 is 13.6 Å². The molecule has 30 heavy (non-hydrogen) atoms. The van der Waals surface area contributed by atoms with E-state index in [0.717, 1.165) is 19.5 Å². The van der Waals surface area contributed by atoms with Gasteiger partial charge in [-0.05, 0) is 69.1 Å². The van der Waals surface area contributed by atoms with Crippen LogP contribution in [-0.4, -0.2) is 46.3 Å². The molecule has 1 aliphatic rings. The SMILES string of the molecule is C[C@H]1CCCCN1CCCNC(=O)c1cc(-c2ccco2)nn1-c1ccc(F)cc1. The van der Waals surface area contributed by atoms with Crippen LogP contribution >= 0.6 is 0 Å². The van der Waals surface area contributed by atoms with Crippen molar-refractivity contribution in [2.75, 3.05) is 19.6 Å². The molecule has 158 valence electrons. The molecule has 0 saturated carbocycles. The van der Waals surface area contributed by atoms with Crippen LogP contribution in [0.25, 0.3) is 17.1 Å². The first-order valence-electron chi connectivity index (χ1n) is 10.5. The molecule has 1 saturated heterocycles. The van der Waals surface area contributed by atoms with Crippen LogP contribution < -0.4 is 5.32 Å². The van der Waals surface area contributed by atoms with Crippen LogP contribution in [0.1, 0.15) is 43.1 Å². The number of rotatable bonds is 7. The van der Waals surface area contributed by atoms with Crippen molar-refractivity contribution in [3.8, 4) is 17.1 Å². The van der Waals surface area contributed by atoms with Gasteiger partial charge in [-0.15, -0.1) is 0 Å². The lowest BCUT2D eigenvalue weighted by molar-refractivity contribution is 0.0941. The fourth-order valence-corrected chi connectivity index (χ4v) is 3.93. The lowest BCUT2D eigenvalue weighted by Crippen LogP contribution is -2.39. The zero-order valence-corrected chi connectivity index (χ0v) is 17.2. The maximum absolute atomic E-state index is 13.3. The maximum atomic E-state index is 13.3. The Bertz CT molecular complexity index is 966. The lowest BCUT2D eigenvalue weighted by Gasteiger charge is -2.33. The second-order valence-electron chi connectivity index (χ2n) is 7.77. The first-order valence-corrected chi connectivity index (χ1v) is 10.5. The number of furan rings is 1. The van der Waals surface area contributed by atoms with E-state index in [1.165, 1.54) is 36.1 Å². The number of amides is 1. The summed E-state index contributed by atoms with van der Waals surface area (Å²) in [7, 11) is 0. The number of aromatic nitrogens is 2. The standard InChI is InChI=1S/C23H27FN4O2/c1-17-6-2-3-13-27(17)14-5-12-25-23(29)21-16-20(22-7-4-15-30-22)26-28(21)19-10-8-18(24)9-11-19/h4,7-11,15-17H,2-3,5-6,12-14H2,1H3,(H,25,29)/t17-/m0/s1. The van der Waals surface area contributed by atoms with Crippen LogP contribution in [0.2, 0.25) is 0 Å². The normalized spacial score (nSPS) is 17.2. The Morgan fingerprint density at radius 3 is 2.83 bits per heavy atom. The highest BCUT2D eigenvalue weighted by Gasteiger charge is 2.20. The first-order chi connectivity index (χ1) is 14.6. The zero-order chi connectivity index (χ0) is 20.9. The van der Waals surface area contributed by atoms with Crippen molar-refractivity contribution >= 4 is 5.91 Å². The molecule has 0 radical (unpaired) electrons. The summed E-state index contributed by atoms with van der Waals surface area (Å²) in [6.07, 6.45) is 6.26. The third-order valence-electron chi connectivity index (χ3n) is 5.64. The fourth-order valence-electron chi connectivity index (χ4n) is 3.93. The van der Waals surface area contributed by atoms with E-state index in [4.69, 9.17) is 4.42 Å². The average molecular weight is 410 g/mol. The fraction of sp³-hybridized carbons (Fsp3) is 0.391. The predicted molar refractivity (Wildman–Crippen MR) is 113 cm³/mol. The van der Waals surface area contributed by atoms with Gasteiger partial charge in [0.1, 0.15) is 17.2 Å². The van der Waals surface area contributed by atoms with E-state index >= 15 is 0 Å². The molecule has 1 atom stereocenters. The largest absolute Gasteiger partial charge is 0.463 e. The summed E-state index contributed by atoms with van der Waals surface area (Å²) < 4.78 is 20.3. The molecule has 0 unspecified atom stereocenters. The highest BCUT2D eigenvalue weighted by Crippen LogP contribution is 2.22. The van der Waals surface area contributed by atoms with Crippen molar-refractivity contribution in [3.63, 3.8) is 0 Å². The molecule has 0 aliphatic carbocycles. The van der Waals surface area contributed by atoms with Gasteiger partial charge in [-0.1, -0.05) is 6.42 Å². The number of likely N-dealkylation sites (tertiary alicyclic amines) is 1. The van der Waals surface area contributed by atoms with E-state index in [9.17, 15) is 9.18 Å². The summed E-state index contributed by atoms with van der Waals surface area (Å²) in [6.45, 7) is 4.98. The number of carbonyl (C=O) groups is 1. The minimum absolute atomic E-state index is 0.212. The van der Waals surface area contributed by atoms with Gasteiger partial charge in [0.25, 0.3) is 5.91 Å². The van der Waals surface area contributed by atoms with Gasteiger partial charge in [0.15, 0.2) is 5.76 Å². The third-order valence-corrected chi connectivity index (χ3v) is 5.64. The molecular formula is C23H27FN4O2. The highest BCUT2D eigenvalue weighted by molar-refractivity contribution is 5.94. The second-order valence-corrected chi connectivity index (χ2v) is 7.77. The summed E-state index contributed by atoms with van der Waals surface area (Å²) in [5, 5.41) is 7.52. The number of nitrogens with zero attached hydrogens (tertiary/aromatic N) is 3. The van der Waals surface area contributed by atoms with Crippen molar-refractivity contribution in [2.24, 2.45) is 0 Å². The molecule has 0 bridgehead atoms. The Morgan fingerprint density at radius 1 is 1.27 bits per heavy atom. The van der Waals surface area contributed by atoms with Crippen molar-refractivity contribution in [1.82, 2.24) is 20.0 Å². The Labute approximate surface area is 175 Å². The molecule has 1 aliphatic heterocycles. The number of hydrogen-bond donors (Lipinski definition) is 1. The monoisotopic (exact) mass is 410 g/mol. The molecule has 4 rings (SSSR count). The van der Waals surface area contributed by atoms with Gasteiger partial charge in [-0.25, -0.2) is 9.07 Å². The van der Waals surface area contributed by atoms with Crippen molar-refractivity contribution in [3.05, 3.63) is 60.2 Å². The Balaban J connectivity index is 1.46. The molecule has 0 spiro atoms. The van der Waals surface area contributed by atoms with Gasteiger partial charge in [0.2, 0.25) is 0 Å². The highest BCUT2D eigenvalue weighted by atomic mass is 19.1. The zero-order valence-electron chi connectivity index (χ0n) is 17.2. The van der Waals surface area contributed by atoms with Crippen LogP contribution in [0.3, 0.4) is 0 Å². The quantitative estimate of drug-likeness (QED) is 0.591. The molecule has 1 fully saturated rings. The Kier molecular flexibility index (Phi) is 6.28. The van der Waals surface area contributed by atoms with Crippen LogP contribution in [0, 0.1) is 5.82 Å². The molecule has 7 heteroatoms. The summed E-state index contributed by atoms with van der Waals surface area (Å²) in [5.74, 6) is 0.0235. The van der Waals surface area contributed by atoms with Crippen LogP contribution in [0.4, 0.5) is 4.39 Å². The number of nitrogens with one attached hydrogen (secondary N) is 1. The number of benzene rings is 1. The van der Waals surface area contributed by atoms with E-state index in [1.54, 1.807) is 36.6 Å². The molecular weight excluding hydrogens is 383 g/mol. The lowest BCUT2D eigenvalue weighted by atomic mass is 10.0. The van der Waals surface area contributed by atoms with E-state index in [0.29, 0.717) is 35.4 Å². The molecule has 3 heterocycles. The number of piperidine rings is 1. The Hall–Kier alpha value is -2.93. The van der Waals surface area contributed by atoms with Crippen LogP contribution in [0.15, 0.2) is 53.1 Å². The first kappa shape index (κ1) is 20.3. The Morgan fingerprint density at radius 2 is 2.10 bits per heavy atom. The maximum Gasteiger partial charge on any atom is 0.270 e. The molecule has 1 amide bonds. The number of carbonyl (C=O) groups excluding carboxylic acids is 1. The third kappa shape index (κ3) is 4.62. The van der Waals surface area contributed by atoms with E-state index in [1.807, 2.05) is 0 Å². The molecule has 3 aromatic rings.